The van der Waals surface area contributed by atoms with Crippen LogP contribution in [0.3, 0.4) is 0 Å². The van der Waals surface area contributed by atoms with E-state index in [2.05, 4.69) is 10.3 Å². The zero-order valence-electron chi connectivity index (χ0n) is 15.1. The largest absolute Gasteiger partial charge is 0.469 e. The van der Waals surface area contributed by atoms with Crippen LogP contribution in [0.4, 0.5) is 4.39 Å². The Bertz CT molecular complexity index is 1080. The molecule has 3 aromatic rings. The zero-order valence-corrected chi connectivity index (χ0v) is 15.8. The second kappa shape index (κ2) is 7.28. The maximum absolute atomic E-state index is 14.1. The molecule has 4 rings (SSSR count). The fourth-order valence-corrected chi connectivity index (χ4v) is 4.09. The minimum absolute atomic E-state index is 0.176. The first kappa shape index (κ1) is 18.5. The number of aromatic amines is 1. The molecule has 0 unspecified atom stereocenters. The van der Waals surface area contributed by atoms with Crippen molar-refractivity contribution in [3.63, 3.8) is 0 Å². The standard InChI is InChI=1S/C21H18ClFN2O3/c1-28-19(26)10-15-14-5-3-2-4-11(14)7-17(15)25-21(27)18-8-12-6-13(22)9-16(23)20(12)24-18/h2-6,8-9,15,17,24H,7,10H2,1H3,(H,25,27)/t15-,17-/m1/s1. The molecular weight excluding hydrogens is 383 g/mol. The molecule has 7 heteroatoms. The highest BCUT2D eigenvalue weighted by Gasteiger charge is 2.35. The molecular formula is C21H18ClFN2O3. The zero-order chi connectivity index (χ0) is 19.8. The number of methoxy groups -OCH3 is 1. The highest BCUT2D eigenvalue weighted by molar-refractivity contribution is 6.31. The molecule has 1 amide bonds. The number of hydrogen-bond acceptors (Lipinski definition) is 3. The first-order valence-electron chi connectivity index (χ1n) is 8.89. The Kier molecular flexibility index (Phi) is 4.81. The molecule has 0 fully saturated rings. The summed E-state index contributed by atoms with van der Waals surface area (Å²) in [5.74, 6) is -1.38. The third-order valence-electron chi connectivity index (χ3n) is 5.20. The summed E-state index contributed by atoms with van der Waals surface area (Å²) in [5.41, 5.74) is 2.60. The van der Waals surface area contributed by atoms with Gasteiger partial charge in [0.05, 0.1) is 19.0 Å². The molecule has 1 aliphatic carbocycles. The fourth-order valence-electron chi connectivity index (χ4n) is 3.88. The molecule has 1 aliphatic rings. The van der Waals surface area contributed by atoms with Gasteiger partial charge in [0.15, 0.2) is 0 Å². The van der Waals surface area contributed by atoms with Crippen molar-refractivity contribution >= 4 is 34.4 Å². The highest BCUT2D eigenvalue weighted by Crippen LogP contribution is 2.36. The SMILES string of the molecule is COC(=O)C[C@@H]1c2ccccc2C[C@H]1NC(=O)c1cc2cc(Cl)cc(F)c2[nH]1. The number of rotatable bonds is 4. The second-order valence-electron chi connectivity index (χ2n) is 6.90. The van der Waals surface area contributed by atoms with Gasteiger partial charge in [0, 0.05) is 22.4 Å². The third kappa shape index (κ3) is 3.36. The number of benzene rings is 2. The number of amides is 1. The van der Waals surface area contributed by atoms with Gasteiger partial charge in [0.1, 0.15) is 11.5 Å². The molecule has 2 atom stereocenters. The summed E-state index contributed by atoms with van der Waals surface area (Å²) in [6.45, 7) is 0. The molecule has 1 aromatic heterocycles. The van der Waals surface area contributed by atoms with Gasteiger partial charge in [-0.05, 0) is 35.7 Å². The Hall–Kier alpha value is -2.86. The van der Waals surface area contributed by atoms with E-state index in [0.29, 0.717) is 11.8 Å². The van der Waals surface area contributed by atoms with Gasteiger partial charge >= 0.3 is 5.97 Å². The molecule has 28 heavy (non-hydrogen) atoms. The predicted molar refractivity (Wildman–Crippen MR) is 104 cm³/mol. The van der Waals surface area contributed by atoms with Gasteiger partial charge in [0.25, 0.3) is 5.91 Å². The van der Waals surface area contributed by atoms with Crippen molar-refractivity contribution < 1.29 is 18.7 Å². The van der Waals surface area contributed by atoms with Crippen LogP contribution in [-0.4, -0.2) is 30.0 Å². The average molecular weight is 401 g/mol. The molecule has 0 saturated heterocycles. The van der Waals surface area contributed by atoms with E-state index < -0.39 is 5.82 Å². The lowest BCUT2D eigenvalue weighted by atomic mass is 9.94. The number of aromatic nitrogens is 1. The summed E-state index contributed by atoms with van der Waals surface area (Å²) >= 11 is 5.88. The van der Waals surface area contributed by atoms with Crippen LogP contribution < -0.4 is 5.32 Å². The van der Waals surface area contributed by atoms with Gasteiger partial charge in [-0.2, -0.15) is 0 Å². The van der Waals surface area contributed by atoms with E-state index in [0.717, 1.165) is 11.1 Å². The Morgan fingerprint density at radius 3 is 2.86 bits per heavy atom. The van der Waals surface area contributed by atoms with Crippen LogP contribution in [0.15, 0.2) is 42.5 Å². The first-order chi connectivity index (χ1) is 13.5. The monoisotopic (exact) mass is 400 g/mol. The van der Waals surface area contributed by atoms with E-state index in [4.69, 9.17) is 16.3 Å². The van der Waals surface area contributed by atoms with Gasteiger partial charge < -0.3 is 15.0 Å². The molecule has 0 bridgehead atoms. The minimum atomic E-state index is -0.515. The summed E-state index contributed by atoms with van der Waals surface area (Å²) in [5, 5.41) is 3.77. The minimum Gasteiger partial charge on any atom is -0.469 e. The van der Waals surface area contributed by atoms with Crippen LogP contribution in [0.25, 0.3) is 10.9 Å². The summed E-state index contributed by atoms with van der Waals surface area (Å²) in [7, 11) is 1.35. The average Bonchev–Trinajstić information content (AvgIpc) is 3.24. The summed E-state index contributed by atoms with van der Waals surface area (Å²) in [4.78, 5) is 27.5. The lowest BCUT2D eigenvalue weighted by molar-refractivity contribution is -0.141. The molecule has 0 spiro atoms. The van der Waals surface area contributed by atoms with Crippen molar-refractivity contribution in [3.8, 4) is 0 Å². The molecule has 0 radical (unpaired) electrons. The Balaban J connectivity index is 1.60. The van der Waals surface area contributed by atoms with E-state index in [1.165, 1.54) is 13.2 Å². The lowest BCUT2D eigenvalue weighted by Crippen LogP contribution is -2.38. The predicted octanol–water partition coefficient (Wildman–Crippen LogP) is 3.96. The third-order valence-corrected chi connectivity index (χ3v) is 5.42. The molecule has 2 aromatic carbocycles. The van der Waals surface area contributed by atoms with Crippen molar-refractivity contribution in [1.29, 1.82) is 0 Å². The maximum atomic E-state index is 14.1. The molecule has 144 valence electrons. The Morgan fingerprint density at radius 1 is 1.29 bits per heavy atom. The topological polar surface area (TPSA) is 71.2 Å². The van der Waals surface area contributed by atoms with E-state index in [-0.39, 0.29) is 46.5 Å². The number of ether oxygens (including phenoxy) is 1. The van der Waals surface area contributed by atoms with Crippen molar-refractivity contribution in [2.75, 3.05) is 7.11 Å². The normalized spacial score (nSPS) is 18.1. The number of carbonyl (C=O) groups is 2. The lowest BCUT2D eigenvalue weighted by Gasteiger charge is -2.20. The molecule has 0 saturated carbocycles. The molecule has 1 heterocycles. The number of fused-ring (bicyclic) bond motifs is 2. The number of nitrogens with one attached hydrogen (secondary N) is 2. The molecule has 2 N–H and O–H groups in total. The van der Waals surface area contributed by atoms with E-state index in [1.54, 1.807) is 12.1 Å². The molecule has 0 aliphatic heterocycles. The van der Waals surface area contributed by atoms with E-state index in [1.807, 2.05) is 24.3 Å². The van der Waals surface area contributed by atoms with Crippen LogP contribution in [0.2, 0.25) is 5.02 Å². The summed E-state index contributed by atoms with van der Waals surface area (Å²) < 4.78 is 18.9. The van der Waals surface area contributed by atoms with Crippen molar-refractivity contribution in [2.24, 2.45) is 0 Å². The van der Waals surface area contributed by atoms with E-state index in [9.17, 15) is 14.0 Å². The van der Waals surface area contributed by atoms with Gasteiger partial charge in [0.2, 0.25) is 0 Å². The number of esters is 1. The van der Waals surface area contributed by atoms with Gasteiger partial charge in [-0.1, -0.05) is 35.9 Å². The summed E-state index contributed by atoms with van der Waals surface area (Å²) in [6, 6.07) is 11.9. The van der Waals surface area contributed by atoms with Crippen molar-refractivity contribution in [3.05, 3.63) is 70.1 Å². The van der Waals surface area contributed by atoms with E-state index >= 15 is 0 Å². The summed E-state index contributed by atoms with van der Waals surface area (Å²) in [6.07, 6.45) is 0.791. The van der Waals surface area contributed by atoms with Gasteiger partial charge in [-0.15, -0.1) is 0 Å². The smallest absolute Gasteiger partial charge is 0.306 e. The van der Waals surface area contributed by atoms with Gasteiger partial charge in [-0.25, -0.2) is 4.39 Å². The second-order valence-corrected chi connectivity index (χ2v) is 7.34. The number of hydrogen-bond donors (Lipinski definition) is 2. The van der Waals surface area contributed by atoms with Crippen LogP contribution in [0, 0.1) is 5.82 Å². The van der Waals surface area contributed by atoms with Crippen LogP contribution in [-0.2, 0) is 16.0 Å². The van der Waals surface area contributed by atoms with Crippen molar-refractivity contribution in [1.82, 2.24) is 10.3 Å². The number of halogens is 2. The molecule has 5 nitrogen and oxygen atoms in total. The van der Waals surface area contributed by atoms with Crippen LogP contribution in [0.5, 0.6) is 0 Å². The number of H-pyrrole nitrogens is 1. The number of carbonyl (C=O) groups excluding carboxylic acids is 2. The van der Waals surface area contributed by atoms with Crippen molar-refractivity contribution in [2.45, 2.75) is 24.8 Å². The first-order valence-corrected chi connectivity index (χ1v) is 9.27. The Morgan fingerprint density at radius 2 is 2.07 bits per heavy atom. The van der Waals surface area contributed by atoms with Gasteiger partial charge in [-0.3, -0.25) is 9.59 Å². The maximum Gasteiger partial charge on any atom is 0.306 e. The Labute approximate surface area is 165 Å². The quantitative estimate of drug-likeness (QED) is 0.651. The van der Waals surface area contributed by atoms with Crippen LogP contribution >= 0.6 is 11.6 Å². The fraction of sp³-hybridized carbons (Fsp3) is 0.238. The highest BCUT2D eigenvalue weighted by atomic mass is 35.5. The van der Waals surface area contributed by atoms with Crippen LogP contribution in [0.1, 0.15) is 34.0 Å².